The molecule has 0 amide bonds. The maximum atomic E-state index is 12.6. The number of alkyl halides is 7. The number of nitrogens with zero attached hydrogens (tertiary/aromatic N) is 10. The molecular formula is C37H32BrF6N11O6. The molecule has 0 unspecified atom stereocenters. The van der Waals surface area contributed by atoms with E-state index in [1.807, 2.05) is 0 Å². The topological polar surface area (TPSA) is 199 Å². The van der Waals surface area contributed by atoms with E-state index in [-0.39, 0.29) is 43.1 Å². The van der Waals surface area contributed by atoms with Crippen LogP contribution >= 0.6 is 15.9 Å². The van der Waals surface area contributed by atoms with E-state index in [0.717, 1.165) is 46.3 Å². The van der Waals surface area contributed by atoms with Gasteiger partial charge in [0.2, 0.25) is 5.89 Å². The van der Waals surface area contributed by atoms with Gasteiger partial charge in [0.25, 0.3) is 11.1 Å². The number of imidazole rings is 2. The van der Waals surface area contributed by atoms with Gasteiger partial charge >= 0.3 is 23.9 Å². The van der Waals surface area contributed by atoms with Gasteiger partial charge in [0.05, 0.1) is 36.9 Å². The maximum Gasteiger partial charge on any atom is 0.437 e. The first-order chi connectivity index (χ1) is 28.9. The molecule has 0 aliphatic carbocycles. The number of halogens is 7. The third-order valence-corrected chi connectivity index (χ3v) is 9.21. The number of rotatable bonds is 9. The van der Waals surface area contributed by atoms with Gasteiger partial charge in [-0.3, -0.25) is 23.7 Å². The third kappa shape index (κ3) is 10.7. The number of oxazole rings is 1. The summed E-state index contributed by atoms with van der Waals surface area (Å²) in [6.07, 6.45) is -0.509. The van der Waals surface area contributed by atoms with Crippen LogP contribution < -0.4 is 22.6 Å². The number of aromatic nitrogens is 11. The molecule has 61 heavy (non-hydrogen) atoms. The van der Waals surface area contributed by atoms with Gasteiger partial charge in [-0.2, -0.15) is 31.0 Å². The summed E-state index contributed by atoms with van der Waals surface area (Å²) in [6.45, 7) is 0.156. The Morgan fingerprint density at radius 1 is 0.656 bits per heavy atom. The average Bonchev–Trinajstić information content (AvgIpc) is 4.00. The molecular weight excluding hydrogens is 888 g/mol. The van der Waals surface area contributed by atoms with Crippen molar-refractivity contribution in [2.45, 2.75) is 44.8 Å². The molecule has 1 N–H and O–H groups in total. The zero-order valence-corrected chi connectivity index (χ0v) is 33.4. The molecule has 17 nitrogen and oxygen atoms in total. The lowest BCUT2D eigenvalue weighted by Gasteiger charge is -2.07. The molecule has 6 heterocycles. The van der Waals surface area contributed by atoms with E-state index in [2.05, 4.69) is 45.9 Å². The third-order valence-electron chi connectivity index (χ3n) is 8.81. The van der Waals surface area contributed by atoms with Gasteiger partial charge in [-0.15, -0.1) is 5.10 Å². The summed E-state index contributed by atoms with van der Waals surface area (Å²) in [5.41, 5.74) is 1.02. The standard InChI is InChI=1S/C18H15F3N6O3.C10H9N5O3.C9H8BrF3/c1-25-9-22-15-14(25)16(28)26(10-23-15)8-13-24-27(17(29)30-13)7-6-11-2-4-12(5-3-11)18(19,20)21;1-14-4-12-8-7(14)9(16)15(5-13-8)3-6-2-11-10(17)18-6;10-6-5-7-1-3-8(4-2-7)9(11,12)13/h2-5,9-10H,6-8H2,1H3;2,4-5H,3H2,1H3,(H,11,17);1-4H,5-6H2. The van der Waals surface area contributed by atoms with Crippen molar-refractivity contribution in [3.63, 3.8) is 0 Å². The van der Waals surface area contributed by atoms with Crippen molar-refractivity contribution in [3.8, 4) is 0 Å². The minimum absolute atomic E-state index is 0.0119. The Morgan fingerprint density at radius 3 is 1.59 bits per heavy atom. The maximum absolute atomic E-state index is 12.6. The Balaban J connectivity index is 0.000000170. The second-order valence-corrected chi connectivity index (χ2v) is 13.9. The van der Waals surface area contributed by atoms with Crippen molar-refractivity contribution in [2.24, 2.45) is 14.1 Å². The summed E-state index contributed by atoms with van der Waals surface area (Å²) >= 11 is 3.22. The summed E-state index contributed by atoms with van der Waals surface area (Å²) in [4.78, 5) is 66.1. The van der Waals surface area contributed by atoms with Crippen LogP contribution in [0.3, 0.4) is 0 Å². The molecule has 8 aromatic rings. The molecule has 6 aromatic heterocycles. The number of fused-ring (bicyclic) bond motifs is 2. The van der Waals surface area contributed by atoms with Crippen LogP contribution in [0.15, 0.2) is 108 Å². The van der Waals surface area contributed by atoms with E-state index in [0.29, 0.717) is 33.7 Å². The molecule has 0 atom stereocenters. The number of hydrogen-bond donors (Lipinski definition) is 1. The van der Waals surface area contributed by atoms with Gasteiger partial charge in [0.1, 0.15) is 25.0 Å². The van der Waals surface area contributed by atoms with E-state index in [9.17, 15) is 45.5 Å². The van der Waals surface area contributed by atoms with Crippen molar-refractivity contribution in [3.05, 3.63) is 156 Å². The lowest BCUT2D eigenvalue weighted by atomic mass is 10.1. The smallest absolute Gasteiger partial charge is 0.411 e. The van der Waals surface area contributed by atoms with Crippen molar-refractivity contribution in [1.29, 1.82) is 0 Å². The molecule has 320 valence electrons. The number of aromatic amines is 1. The number of nitrogens with one attached hydrogen (secondary N) is 1. The SMILES string of the molecule is Cn1cnc2ncn(Cc3c[nH]c(=O)o3)c(=O)c21.Cn1cnc2ncn(Cc3nn(CCc4ccc(C(F)(F)F)cc4)c(=O)o3)c(=O)c21.FC(F)(F)c1ccc(CCBr)cc1. The van der Waals surface area contributed by atoms with Gasteiger partial charge in [-0.1, -0.05) is 40.2 Å². The second-order valence-electron chi connectivity index (χ2n) is 13.1. The van der Waals surface area contributed by atoms with E-state index in [1.54, 1.807) is 23.2 Å². The lowest BCUT2D eigenvalue weighted by Crippen LogP contribution is -2.22. The summed E-state index contributed by atoms with van der Waals surface area (Å²) in [5, 5.41) is 4.82. The quantitative estimate of drug-likeness (QED) is 0.156. The van der Waals surface area contributed by atoms with Gasteiger partial charge in [0, 0.05) is 25.6 Å². The van der Waals surface area contributed by atoms with E-state index >= 15 is 0 Å². The molecule has 24 heteroatoms. The van der Waals surface area contributed by atoms with Crippen LogP contribution in [0.5, 0.6) is 0 Å². The van der Waals surface area contributed by atoms with Gasteiger partial charge in [-0.05, 0) is 48.2 Å². The Morgan fingerprint density at radius 2 is 1.13 bits per heavy atom. The molecule has 0 bridgehead atoms. The Kier molecular flexibility index (Phi) is 13.0. The largest absolute Gasteiger partial charge is 0.437 e. The average molecular weight is 921 g/mol. The van der Waals surface area contributed by atoms with E-state index in [4.69, 9.17) is 8.83 Å². The van der Waals surface area contributed by atoms with Crippen LogP contribution in [0.2, 0.25) is 0 Å². The normalized spacial score (nSPS) is 11.7. The molecule has 8 rings (SSSR count). The molecule has 0 fully saturated rings. The Hall–Kier alpha value is -6.85. The highest BCUT2D eigenvalue weighted by atomic mass is 79.9. The first-order valence-electron chi connectivity index (χ1n) is 17.8. The van der Waals surface area contributed by atoms with Crippen LogP contribution in [0.1, 0.15) is 33.9 Å². The van der Waals surface area contributed by atoms with Crippen LogP contribution in [0, 0.1) is 0 Å². The highest BCUT2D eigenvalue weighted by Crippen LogP contribution is 2.30. The van der Waals surface area contributed by atoms with Crippen molar-refractivity contribution in [1.82, 2.24) is 53.0 Å². The van der Waals surface area contributed by atoms with Crippen LogP contribution in [0.4, 0.5) is 26.3 Å². The van der Waals surface area contributed by atoms with Crippen LogP contribution in [-0.4, -0.2) is 58.3 Å². The first kappa shape index (κ1) is 43.7. The fraction of sp³-hybridized carbons (Fsp3) is 0.270. The highest BCUT2D eigenvalue weighted by Gasteiger charge is 2.30. The lowest BCUT2D eigenvalue weighted by molar-refractivity contribution is -0.138. The van der Waals surface area contributed by atoms with Gasteiger partial charge in [-0.25, -0.2) is 29.5 Å². The van der Waals surface area contributed by atoms with E-state index < -0.39 is 35.0 Å². The second kappa shape index (κ2) is 18.2. The predicted molar refractivity (Wildman–Crippen MR) is 208 cm³/mol. The molecule has 0 spiro atoms. The van der Waals surface area contributed by atoms with Crippen molar-refractivity contribution < 1.29 is 35.2 Å². The number of H-pyrrole nitrogens is 1. The monoisotopic (exact) mass is 919 g/mol. The molecule has 0 saturated heterocycles. The first-order valence-corrected chi connectivity index (χ1v) is 18.9. The van der Waals surface area contributed by atoms with E-state index in [1.165, 1.54) is 64.9 Å². The number of hydrogen-bond acceptors (Lipinski definition) is 11. The summed E-state index contributed by atoms with van der Waals surface area (Å²) in [5.74, 6) is -0.893. The summed E-state index contributed by atoms with van der Waals surface area (Å²) < 4.78 is 90.9. The van der Waals surface area contributed by atoms with Crippen molar-refractivity contribution >= 4 is 38.3 Å². The Bertz CT molecular complexity index is 2990. The predicted octanol–water partition coefficient (Wildman–Crippen LogP) is 4.69. The zero-order valence-electron chi connectivity index (χ0n) is 31.8. The summed E-state index contributed by atoms with van der Waals surface area (Å²) in [7, 11) is 3.39. The van der Waals surface area contributed by atoms with Crippen LogP contribution in [0.25, 0.3) is 22.3 Å². The zero-order chi connectivity index (χ0) is 44.1. The molecule has 2 aromatic carbocycles. The summed E-state index contributed by atoms with van der Waals surface area (Å²) in [6, 6.07) is 9.90. The van der Waals surface area contributed by atoms with Gasteiger partial charge in [0.15, 0.2) is 22.3 Å². The number of benzene rings is 2. The molecule has 0 saturated carbocycles. The minimum atomic E-state index is -4.40. The fourth-order valence-corrected chi connectivity index (χ4v) is 6.15. The molecule has 0 aliphatic rings. The van der Waals surface area contributed by atoms with Crippen molar-refractivity contribution in [2.75, 3.05) is 5.33 Å². The molecule has 0 radical (unpaired) electrons. The van der Waals surface area contributed by atoms with Crippen LogP contribution in [-0.2, 0) is 58.9 Å². The number of aryl methyl sites for hydroxylation is 5. The molecule has 0 aliphatic heterocycles. The van der Waals surface area contributed by atoms with Gasteiger partial charge < -0.3 is 18.0 Å². The Labute approximate surface area is 345 Å². The highest BCUT2D eigenvalue weighted by molar-refractivity contribution is 9.09. The minimum Gasteiger partial charge on any atom is -0.411 e. The fourth-order valence-electron chi connectivity index (χ4n) is 5.70.